The van der Waals surface area contributed by atoms with Crippen LogP contribution in [0.15, 0.2) is 47.4 Å². The monoisotopic (exact) mass is 331 g/mol. The number of rotatable bonds is 5. The van der Waals surface area contributed by atoms with Gasteiger partial charge in [-0.25, -0.2) is 8.42 Å². The van der Waals surface area contributed by atoms with Crippen molar-refractivity contribution < 1.29 is 13.2 Å². The van der Waals surface area contributed by atoms with Gasteiger partial charge in [-0.05, 0) is 80.6 Å². The van der Waals surface area contributed by atoms with Crippen LogP contribution in [0.25, 0.3) is 0 Å². The lowest BCUT2D eigenvalue weighted by molar-refractivity contribution is 0.242. The van der Waals surface area contributed by atoms with E-state index in [2.05, 4.69) is 4.72 Å². The van der Waals surface area contributed by atoms with E-state index in [4.69, 9.17) is 4.74 Å². The van der Waals surface area contributed by atoms with Gasteiger partial charge in [0.15, 0.2) is 0 Å². The average molecular weight is 331 g/mol. The van der Waals surface area contributed by atoms with Crippen LogP contribution in [0.4, 0.5) is 5.69 Å². The smallest absolute Gasteiger partial charge is 0.261 e. The van der Waals surface area contributed by atoms with Crippen molar-refractivity contribution in [2.75, 3.05) is 4.72 Å². The fraction of sp³-hybridized carbons (Fsp3) is 0.333. The first-order valence-corrected chi connectivity index (χ1v) is 9.34. The molecule has 0 atom stereocenters. The van der Waals surface area contributed by atoms with E-state index in [9.17, 15) is 8.42 Å². The Morgan fingerprint density at radius 1 is 1.00 bits per heavy atom. The van der Waals surface area contributed by atoms with Crippen molar-refractivity contribution in [2.24, 2.45) is 0 Å². The molecular weight excluding hydrogens is 310 g/mol. The molecule has 0 unspecified atom stereocenters. The summed E-state index contributed by atoms with van der Waals surface area (Å²) in [7, 11) is -3.56. The number of benzene rings is 2. The minimum absolute atomic E-state index is 0.0870. The van der Waals surface area contributed by atoms with Gasteiger partial charge in [-0.15, -0.1) is 0 Å². The van der Waals surface area contributed by atoms with E-state index in [1.807, 2.05) is 19.9 Å². The number of sulfonamides is 1. The Kier molecular flexibility index (Phi) is 4.31. The molecule has 0 aliphatic heterocycles. The summed E-state index contributed by atoms with van der Waals surface area (Å²) < 4.78 is 33.2. The second-order valence-electron chi connectivity index (χ2n) is 6.08. The van der Waals surface area contributed by atoms with Crippen LogP contribution in [0.1, 0.15) is 31.4 Å². The quantitative estimate of drug-likeness (QED) is 0.907. The highest BCUT2D eigenvalue weighted by Gasteiger charge is 2.18. The van der Waals surface area contributed by atoms with Gasteiger partial charge in [0.05, 0.1) is 11.0 Å². The molecule has 0 bridgehead atoms. The first-order chi connectivity index (χ1) is 10.9. The summed E-state index contributed by atoms with van der Waals surface area (Å²) in [5.74, 6) is 0.723. The summed E-state index contributed by atoms with van der Waals surface area (Å²) in [5.41, 5.74) is 2.94. The highest BCUT2D eigenvalue weighted by molar-refractivity contribution is 7.92. The second kappa shape index (κ2) is 6.24. The maximum atomic E-state index is 12.5. The molecule has 0 fully saturated rings. The topological polar surface area (TPSA) is 55.4 Å². The molecule has 1 aliphatic rings. The lowest BCUT2D eigenvalue weighted by Crippen LogP contribution is -2.13. The summed E-state index contributed by atoms with van der Waals surface area (Å²) in [6.45, 7) is 3.90. The first kappa shape index (κ1) is 15.9. The van der Waals surface area contributed by atoms with Crippen LogP contribution in [0.5, 0.6) is 5.75 Å². The number of hydrogen-bond donors (Lipinski definition) is 1. The van der Waals surface area contributed by atoms with E-state index in [1.54, 1.807) is 36.4 Å². The number of nitrogens with one attached hydrogen (secondary N) is 1. The predicted molar refractivity (Wildman–Crippen MR) is 91.5 cm³/mol. The molecule has 5 heteroatoms. The van der Waals surface area contributed by atoms with Gasteiger partial charge in [-0.1, -0.05) is 6.07 Å². The van der Waals surface area contributed by atoms with Crippen molar-refractivity contribution in [2.45, 2.75) is 44.1 Å². The lowest BCUT2D eigenvalue weighted by atomic mass is 10.1. The number of anilines is 1. The predicted octanol–water partition coefficient (Wildman–Crippen LogP) is 3.76. The summed E-state index contributed by atoms with van der Waals surface area (Å²) in [5, 5.41) is 0. The maximum Gasteiger partial charge on any atom is 0.261 e. The summed E-state index contributed by atoms with van der Waals surface area (Å²) in [4.78, 5) is 0.320. The third-order valence-electron chi connectivity index (χ3n) is 3.86. The highest BCUT2D eigenvalue weighted by Crippen LogP contribution is 2.26. The number of ether oxygens (including phenoxy) is 1. The fourth-order valence-corrected chi connectivity index (χ4v) is 3.91. The van der Waals surface area contributed by atoms with Crippen molar-refractivity contribution >= 4 is 15.7 Å². The van der Waals surface area contributed by atoms with Crippen molar-refractivity contribution in [3.8, 4) is 5.75 Å². The molecular formula is C18H21NO3S. The van der Waals surface area contributed by atoms with Gasteiger partial charge in [-0.2, -0.15) is 0 Å². The third kappa shape index (κ3) is 3.67. The molecule has 2 aromatic carbocycles. The minimum atomic E-state index is -3.56. The van der Waals surface area contributed by atoms with Gasteiger partial charge in [0.25, 0.3) is 10.0 Å². The fourth-order valence-electron chi connectivity index (χ4n) is 2.80. The van der Waals surface area contributed by atoms with Gasteiger partial charge >= 0.3 is 0 Å². The van der Waals surface area contributed by atoms with Crippen LogP contribution in [0, 0.1) is 0 Å². The van der Waals surface area contributed by atoms with Crippen molar-refractivity contribution in [3.05, 3.63) is 53.6 Å². The van der Waals surface area contributed by atoms with Crippen LogP contribution in [-0.4, -0.2) is 14.5 Å². The maximum absolute atomic E-state index is 12.5. The zero-order valence-corrected chi connectivity index (χ0v) is 14.2. The molecule has 122 valence electrons. The van der Waals surface area contributed by atoms with E-state index < -0.39 is 10.0 Å². The molecule has 0 amide bonds. The van der Waals surface area contributed by atoms with Crippen LogP contribution in [0.2, 0.25) is 0 Å². The summed E-state index contributed by atoms with van der Waals surface area (Å²) in [6.07, 6.45) is 3.19. The Labute approximate surface area is 137 Å². The molecule has 0 spiro atoms. The Hall–Kier alpha value is -2.01. The lowest BCUT2D eigenvalue weighted by Gasteiger charge is -2.12. The molecule has 0 aromatic heterocycles. The zero-order chi connectivity index (χ0) is 16.4. The average Bonchev–Trinajstić information content (AvgIpc) is 2.96. The summed E-state index contributed by atoms with van der Waals surface area (Å²) >= 11 is 0. The normalized spacial score (nSPS) is 13.9. The van der Waals surface area contributed by atoms with E-state index in [0.717, 1.165) is 30.6 Å². The molecule has 2 aromatic rings. The Morgan fingerprint density at radius 2 is 1.70 bits per heavy atom. The van der Waals surface area contributed by atoms with E-state index in [0.29, 0.717) is 10.6 Å². The van der Waals surface area contributed by atoms with Crippen LogP contribution >= 0.6 is 0 Å². The molecule has 1 aliphatic carbocycles. The number of aryl methyl sites for hydroxylation is 2. The van der Waals surface area contributed by atoms with E-state index in [1.165, 1.54) is 5.56 Å². The highest BCUT2D eigenvalue weighted by atomic mass is 32.2. The van der Waals surface area contributed by atoms with Gasteiger partial charge in [0.2, 0.25) is 0 Å². The van der Waals surface area contributed by atoms with Crippen LogP contribution in [-0.2, 0) is 22.9 Å². The Balaban J connectivity index is 1.78. The Bertz CT molecular complexity index is 796. The van der Waals surface area contributed by atoms with Crippen molar-refractivity contribution in [1.29, 1.82) is 0 Å². The summed E-state index contributed by atoms with van der Waals surface area (Å²) in [6, 6.07) is 12.4. The molecule has 0 saturated carbocycles. The molecule has 1 N–H and O–H groups in total. The first-order valence-electron chi connectivity index (χ1n) is 7.85. The largest absolute Gasteiger partial charge is 0.491 e. The third-order valence-corrected chi connectivity index (χ3v) is 5.24. The number of hydrogen-bond acceptors (Lipinski definition) is 3. The van der Waals surface area contributed by atoms with E-state index >= 15 is 0 Å². The molecule has 0 heterocycles. The molecule has 0 radical (unpaired) electrons. The van der Waals surface area contributed by atoms with E-state index in [-0.39, 0.29) is 6.10 Å². The van der Waals surface area contributed by atoms with Gasteiger partial charge in [0.1, 0.15) is 5.75 Å². The molecule has 3 rings (SSSR count). The van der Waals surface area contributed by atoms with Gasteiger partial charge in [0, 0.05) is 5.69 Å². The minimum Gasteiger partial charge on any atom is -0.491 e. The van der Waals surface area contributed by atoms with Crippen LogP contribution < -0.4 is 9.46 Å². The second-order valence-corrected chi connectivity index (χ2v) is 7.76. The molecule has 23 heavy (non-hydrogen) atoms. The zero-order valence-electron chi connectivity index (χ0n) is 13.4. The SMILES string of the molecule is CC(C)Oc1ccc(NS(=O)(=O)c2ccc3c(c2)CCC3)cc1. The number of fused-ring (bicyclic) bond motifs is 1. The standard InChI is InChI=1S/C18H21NO3S/c1-13(2)22-17-9-7-16(8-10-17)19-23(20,21)18-11-6-14-4-3-5-15(14)12-18/h6-13,19H,3-5H2,1-2H3. The van der Waals surface area contributed by atoms with Crippen LogP contribution in [0.3, 0.4) is 0 Å². The Morgan fingerprint density at radius 3 is 2.39 bits per heavy atom. The molecule has 4 nitrogen and oxygen atoms in total. The van der Waals surface area contributed by atoms with Gasteiger partial charge in [-0.3, -0.25) is 4.72 Å². The molecule has 0 saturated heterocycles. The van der Waals surface area contributed by atoms with Gasteiger partial charge < -0.3 is 4.74 Å². The van der Waals surface area contributed by atoms with Crippen molar-refractivity contribution in [3.63, 3.8) is 0 Å². The van der Waals surface area contributed by atoms with Crippen molar-refractivity contribution in [1.82, 2.24) is 0 Å².